The Kier molecular flexibility index (Phi) is 19.7. The monoisotopic (exact) mass is 161 g/mol. The van der Waals surface area contributed by atoms with Gasteiger partial charge in [0.15, 0.2) is 5.96 Å². The summed E-state index contributed by atoms with van der Waals surface area (Å²) in [6, 6.07) is 0. The zero-order chi connectivity index (χ0) is 7.15. The van der Waals surface area contributed by atoms with Crippen LogP contribution in [0.4, 0.5) is 4.79 Å². The molecular weight excluding hydrogens is 153 g/mol. The van der Waals surface area contributed by atoms with Gasteiger partial charge in [-0.15, -0.1) is 0 Å². The van der Waals surface area contributed by atoms with Crippen molar-refractivity contribution in [2.24, 2.45) is 11.5 Å². The number of rotatable bonds is 0. The molecule has 0 saturated carbocycles. The third-order valence-electron chi connectivity index (χ3n) is 0. The third kappa shape index (κ3) is 10000. The number of carboxylic acid groups (broad SMARTS) is 2. The first-order valence-corrected chi connectivity index (χ1v) is 1.48. The molecule has 7 heteroatoms. The van der Waals surface area contributed by atoms with Gasteiger partial charge in [-0.05, 0) is 0 Å². The summed E-state index contributed by atoms with van der Waals surface area (Å²) < 4.78 is 0. The molecule has 0 aliphatic carbocycles. The number of nitrogens with two attached hydrogens (primary N) is 2. The number of hydrogen-bond donors (Lipinski definition) is 5. The van der Waals surface area contributed by atoms with E-state index in [1.807, 2.05) is 0 Å². The number of nitrogens with one attached hydrogen (secondary N) is 1. The van der Waals surface area contributed by atoms with Crippen LogP contribution in [0.25, 0.3) is 0 Å². The molecule has 0 spiro atoms. The molecule has 0 fully saturated rings. The predicted molar refractivity (Wildman–Crippen MR) is 33.9 cm³/mol. The molecule has 6 nitrogen and oxygen atoms in total. The molecule has 0 heterocycles. The molecule has 0 aromatic carbocycles. The normalized spacial score (nSPS) is 5.33. The molecule has 0 atom stereocenters. The van der Waals surface area contributed by atoms with E-state index in [1.165, 1.54) is 0 Å². The summed E-state index contributed by atoms with van der Waals surface area (Å²) >= 11 is 0. The molecule has 0 saturated heterocycles. The molecule has 7 N–H and O–H groups in total. The molecular formula is C2H8KN3O3. The summed E-state index contributed by atoms with van der Waals surface area (Å²) in [5.74, 6) is -0.333. The van der Waals surface area contributed by atoms with E-state index < -0.39 is 6.16 Å². The second kappa shape index (κ2) is 11.0. The van der Waals surface area contributed by atoms with Crippen LogP contribution in [0.5, 0.6) is 0 Å². The first kappa shape index (κ1) is 16.1. The second-order valence-electron chi connectivity index (χ2n) is 0.738. The van der Waals surface area contributed by atoms with Crippen molar-refractivity contribution in [3.8, 4) is 0 Å². The van der Waals surface area contributed by atoms with Crippen LogP contribution in [0.2, 0.25) is 0 Å². The fourth-order valence-corrected chi connectivity index (χ4v) is 0. The first-order chi connectivity index (χ1) is 3.46. The second-order valence-corrected chi connectivity index (χ2v) is 0.738. The van der Waals surface area contributed by atoms with Gasteiger partial charge >= 0.3 is 57.5 Å². The number of carbonyl (C=O) groups is 1. The van der Waals surface area contributed by atoms with E-state index in [0.29, 0.717) is 0 Å². The zero-order valence-corrected chi connectivity index (χ0v) is 3.96. The molecule has 0 amide bonds. The van der Waals surface area contributed by atoms with Crippen LogP contribution >= 0.6 is 0 Å². The molecule has 9 heavy (non-hydrogen) atoms. The van der Waals surface area contributed by atoms with E-state index in [4.69, 9.17) is 20.4 Å². The van der Waals surface area contributed by atoms with Gasteiger partial charge in [0.2, 0.25) is 0 Å². The Morgan fingerprint density at radius 3 is 1.33 bits per heavy atom. The van der Waals surface area contributed by atoms with E-state index in [-0.39, 0.29) is 57.3 Å². The molecule has 0 aliphatic rings. The predicted octanol–water partition coefficient (Wildman–Crippen LogP) is -1.59. The Morgan fingerprint density at radius 1 is 1.33 bits per heavy atom. The van der Waals surface area contributed by atoms with Crippen LogP contribution in [0.3, 0.4) is 0 Å². The van der Waals surface area contributed by atoms with E-state index >= 15 is 0 Å². The van der Waals surface area contributed by atoms with Gasteiger partial charge in [0, 0.05) is 0 Å². The Bertz CT molecular complexity index is 75.1. The maximum absolute atomic E-state index is 8.56. The summed E-state index contributed by atoms with van der Waals surface area (Å²) in [5, 5.41) is 20.0. The first-order valence-electron chi connectivity index (χ1n) is 1.48. The van der Waals surface area contributed by atoms with Gasteiger partial charge in [0.05, 0.1) is 0 Å². The quantitative estimate of drug-likeness (QED) is 0.166. The average Bonchev–Trinajstić information content (AvgIpc) is 1.25. The van der Waals surface area contributed by atoms with Gasteiger partial charge in [0.1, 0.15) is 0 Å². The molecule has 0 aromatic heterocycles. The molecule has 0 aliphatic heterocycles. The van der Waals surface area contributed by atoms with Crippen molar-refractivity contribution in [1.82, 2.24) is 0 Å². The molecule has 50 valence electrons. The van der Waals surface area contributed by atoms with Crippen molar-refractivity contribution in [2.75, 3.05) is 0 Å². The van der Waals surface area contributed by atoms with Crippen molar-refractivity contribution < 1.29 is 15.0 Å². The maximum atomic E-state index is 8.56. The van der Waals surface area contributed by atoms with E-state index in [1.54, 1.807) is 0 Å². The standard InChI is InChI=1S/CH5N3.CH2O3.K.H/c2*2-1(3)4;;/h(H5,2,3,4);(H2,2,3,4);;. The summed E-state index contributed by atoms with van der Waals surface area (Å²) in [6.07, 6.45) is -1.83. The van der Waals surface area contributed by atoms with Crippen molar-refractivity contribution in [3.63, 3.8) is 0 Å². The zero-order valence-electron chi connectivity index (χ0n) is 3.96. The summed E-state index contributed by atoms with van der Waals surface area (Å²) in [4.78, 5) is 8.56. The Labute approximate surface area is 94.1 Å². The molecule has 0 radical (unpaired) electrons. The van der Waals surface area contributed by atoms with Crippen molar-refractivity contribution in [3.05, 3.63) is 0 Å². The summed E-state index contributed by atoms with van der Waals surface area (Å²) in [5.41, 5.74) is 8.94. The van der Waals surface area contributed by atoms with E-state index in [0.717, 1.165) is 0 Å². The number of guanidine groups is 1. The summed E-state index contributed by atoms with van der Waals surface area (Å²) in [6.45, 7) is 0. The average molecular weight is 161 g/mol. The molecule has 0 aromatic rings. The van der Waals surface area contributed by atoms with E-state index in [9.17, 15) is 0 Å². The summed E-state index contributed by atoms with van der Waals surface area (Å²) in [7, 11) is 0. The van der Waals surface area contributed by atoms with Gasteiger partial charge in [-0.2, -0.15) is 0 Å². The number of hydrogen-bond acceptors (Lipinski definition) is 2. The molecule has 0 unspecified atom stereocenters. The fourth-order valence-electron chi connectivity index (χ4n) is 0. The van der Waals surface area contributed by atoms with Crippen molar-refractivity contribution in [1.29, 1.82) is 5.41 Å². The Morgan fingerprint density at radius 2 is 1.33 bits per heavy atom. The molecule has 0 bridgehead atoms. The van der Waals surface area contributed by atoms with Crippen molar-refractivity contribution >= 4 is 63.5 Å². The fraction of sp³-hybridized carbons (Fsp3) is 0. The van der Waals surface area contributed by atoms with Crippen LogP contribution in [0.1, 0.15) is 0 Å². The van der Waals surface area contributed by atoms with Gasteiger partial charge in [-0.1, -0.05) is 0 Å². The van der Waals surface area contributed by atoms with Gasteiger partial charge in [0.25, 0.3) is 0 Å². The van der Waals surface area contributed by atoms with Gasteiger partial charge in [-0.3, -0.25) is 5.41 Å². The van der Waals surface area contributed by atoms with Crippen LogP contribution in [-0.2, 0) is 0 Å². The van der Waals surface area contributed by atoms with Crippen LogP contribution in [0.15, 0.2) is 0 Å². The Balaban J connectivity index is -0.0000000720. The Hall–Kier alpha value is 0.176. The van der Waals surface area contributed by atoms with Crippen LogP contribution in [0, 0.1) is 5.41 Å². The molecule has 0 rings (SSSR count). The minimum atomic E-state index is -1.83. The SMILES string of the molecule is N=C(N)N.O=C(O)O.[KH]. The van der Waals surface area contributed by atoms with E-state index in [2.05, 4.69) is 11.5 Å². The topological polar surface area (TPSA) is 133 Å². The minimum absolute atomic E-state index is 0. The van der Waals surface area contributed by atoms with Crippen LogP contribution < -0.4 is 11.5 Å². The third-order valence-corrected chi connectivity index (χ3v) is 0. The van der Waals surface area contributed by atoms with Crippen molar-refractivity contribution in [2.45, 2.75) is 0 Å². The van der Waals surface area contributed by atoms with Gasteiger partial charge < -0.3 is 21.7 Å². The van der Waals surface area contributed by atoms with Crippen LogP contribution in [-0.4, -0.2) is 73.7 Å². The van der Waals surface area contributed by atoms with Gasteiger partial charge in [-0.25, -0.2) is 4.79 Å².